The Bertz CT molecular complexity index is 535. The third-order valence-corrected chi connectivity index (χ3v) is 3.00. The lowest BCUT2D eigenvalue weighted by molar-refractivity contribution is 0.843. The van der Waals surface area contributed by atoms with Crippen molar-refractivity contribution < 1.29 is 0 Å². The first-order valence-corrected chi connectivity index (χ1v) is 6.64. The van der Waals surface area contributed by atoms with Crippen molar-refractivity contribution in [3.8, 4) is 0 Å². The molecule has 100 valence electrons. The largest absolute Gasteiger partial charge is 0.357 e. The molecule has 0 aliphatic rings. The SMILES string of the molecule is CCN(CC)c1ccnc(Nc2cccc(C)c2)n1. The molecule has 0 unspecified atom stereocenters. The zero-order valence-corrected chi connectivity index (χ0v) is 11.7. The van der Waals surface area contributed by atoms with Crippen LogP contribution in [0.3, 0.4) is 0 Å². The number of rotatable bonds is 5. The van der Waals surface area contributed by atoms with Crippen molar-refractivity contribution in [2.24, 2.45) is 0 Å². The van der Waals surface area contributed by atoms with E-state index in [0.717, 1.165) is 24.6 Å². The van der Waals surface area contributed by atoms with Crippen molar-refractivity contribution in [3.05, 3.63) is 42.1 Å². The molecule has 0 bridgehead atoms. The average molecular weight is 256 g/mol. The zero-order chi connectivity index (χ0) is 13.7. The molecule has 0 radical (unpaired) electrons. The maximum atomic E-state index is 4.54. The van der Waals surface area contributed by atoms with Crippen LogP contribution in [-0.4, -0.2) is 23.1 Å². The molecule has 1 aromatic heterocycles. The van der Waals surface area contributed by atoms with Crippen LogP contribution in [0, 0.1) is 6.92 Å². The van der Waals surface area contributed by atoms with Crippen LogP contribution >= 0.6 is 0 Å². The van der Waals surface area contributed by atoms with Gasteiger partial charge in [-0.2, -0.15) is 4.98 Å². The van der Waals surface area contributed by atoms with Gasteiger partial charge in [-0.05, 0) is 44.5 Å². The fraction of sp³-hybridized carbons (Fsp3) is 0.333. The summed E-state index contributed by atoms with van der Waals surface area (Å²) in [5.74, 6) is 1.59. The van der Waals surface area contributed by atoms with Crippen LogP contribution in [-0.2, 0) is 0 Å². The van der Waals surface area contributed by atoms with E-state index in [-0.39, 0.29) is 0 Å². The van der Waals surface area contributed by atoms with E-state index in [4.69, 9.17) is 0 Å². The van der Waals surface area contributed by atoms with Crippen LogP contribution in [0.15, 0.2) is 36.5 Å². The van der Waals surface area contributed by atoms with Crippen LogP contribution in [0.2, 0.25) is 0 Å². The molecule has 0 saturated carbocycles. The lowest BCUT2D eigenvalue weighted by Crippen LogP contribution is -2.23. The molecule has 4 nitrogen and oxygen atoms in total. The highest BCUT2D eigenvalue weighted by Gasteiger charge is 2.05. The molecular formula is C15H20N4. The summed E-state index contributed by atoms with van der Waals surface area (Å²) in [5.41, 5.74) is 2.22. The number of nitrogens with zero attached hydrogens (tertiary/aromatic N) is 3. The van der Waals surface area contributed by atoms with Gasteiger partial charge in [0.2, 0.25) is 5.95 Å². The van der Waals surface area contributed by atoms with Gasteiger partial charge in [0.25, 0.3) is 0 Å². The van der Waals surface area contributed by atoms with Crippen molar-refractivity contribution in [2.75, 3.05) is 23.3 Å². The van der Waals surface area contributed by atoms with Crippen molar-refractivity contribution in [1.82, 2.24) is 9.97 Å². The molecule has 1 N–H and O–H groups in total. The van der Waals surface area contributed by atoms with Crippen LogP contribution < -0.4 is 10.2 Å². The van der Waals surface area contributed by atoms with Gasteiger partial charge >= 0.3 is 0 Å². The quantitative estimate of drug-likeness (QED) is 0.890. The maximum absolute atomic E-state index is 4.54. The first kappa shape index (κ1) is 13.3. The van der Waals surface area contributed by atoms with Crippen molar-refractivity contribution in [3.63, 3.8) is 0 Å². The van der Waals surface area contributed by atoms with E-state index < -0.39 is 0 Å². The number of hydrogen-bond donors (Lipinski definition) is 1. The summed E-state index contributed by atoms with van der Waals surface area (Å²) >= 11 is 0. The zero-order valence-electron chi connectivity index (χ0n) is 11.7. The lowest BCUT2D eigenvalue weighted by atomic mass is 10.2. The molecule has 19 heavy (non-hydrogen) atoms. The minimum atomic E-state index is 0.634. The fourth-order valence-corrected chi connectivity index (χ4v) is 1.99. The van der Waals surface area contributed by atoms with Crippen LogP contribution in [0.4, 0.5) is 17.5 Å². The number of nitrogens with one attached hydrogen (secondary N) is 1. The summed E-state index contributed by atoms with van der Waals surface area (Å²) in [7, 11) is 0. The highest BCUT2D eigenvalue weighted by Crippen LogP contribution is 2.17. The van der Waals surface area contributed by atoms with E-state index in [9.17, 15) is 0 Å². The number of benzene rings is 1. The summed E-state index contributed by atoms with van der Waals surface area (Å²) in [5, 5.41) is 3.24. The number of anilines is 3. The summed E-state index contributed by atoms with van der Waals surface area (Å²) < 4.78 is 0. The predicted octanol–water partition coefficient (Wildman–Crippen LogP) is 3.37. The van der Waals surface area contributed by atoms with E-state index in [1.165, 1.54) is 5.56 Å². The maximum Gasteiger partial charge on any atom is 0.229 e. The second kappa shape index (κ2) is 6.18. The fourth-order valence-electron chi connectivity index (χ4n) is 1.99. The van der Waals surface area contributed by atoms with Gasteiger partial charge in [-0.15, -0.1) is 0 Å². The smallest absolute Gasteiger partial charge is 0.229 e. The Kier molecular flexibility index (Phi) is 4.34. The molecule has 0 atom stereocenters. The van der Waals surface area contributed by atoms with Gasteiger partial charge in [0.1, 0.15) is 5.82 Å². The third-order valence-electron chi connectivity index (χ3n) is 3.00. The molecule has 1 aromatic carbocycles. The van der Waals surface area contributed by atoms with Crippen molar-refractivity contribution >= 4 is 17.5 Å². The molecule has 0 aliphatic carbocycles. The summed E-state index contributed by atoms with van der Waals surface area (Å²) in [6.45, 7) is 8.20. The van der Waals surface area contributed by atoms with Gasteiger partial charge in [0.05, 0.1) is 0 Å². The van der Waals surface area contributed by atoms with Gasteiger partial charge in [0.15, 0.2) is 0 Å². The summed E-state index contributed by atoms with van der Waals surface area (Å²) in [4.78, 5) is 11.0. The third kappa shape index (κ3) is 3.44. The lowest BCUT2D eigenvalue weighted by Gasteiger charge is -2.19. The number of aromatic nitrogens is 2. The molecule has 0 fully saturated rings. The summed E-state index contributed by atoms with van der Waals surface area (Å²) in [6.07, 6.45) is 1.79. The topological polar surface area (TPSA) is 41.1 Å². The predicted molar refractivity (Wildman–Crippen MR) is 80.1 cm³/mol. The molecule has 0 amide bonds. The second-order valence-corrected chi connectivity index (χ2v) is 4.41. The van der Waals surface area contributed by atoms with E-state index >= 15 is 0 Å². The number of aryl methyl sites for hydroxylation is 1. The van der Waals surface area contributed by atoms with E-state index in [0.29, 0.717) is 5.95 Å². The second-order valence-electron chi connectivity index (χ2n) is 4.41. The molecule has 4 heteroatoms. The molecule has 0 spiro atoms. The van der Waals surface area contributed by atoms with E-state index in [1.807, 2.05) is 18.2 Å². The van der Waals surface area contributed by atoms with Gasteiger partial charge < -0.3 is 10.2 Å². The van der Waals surface area contributed by atoms with Crippen LogP contribution in [0.5, 0.6) is 0 Å². The Labute approximate surface area is 114 Å². The van der Waals surface area contributed by atoms with Gasteiger partial charge in [-0.3, -0.25) is 0 Å². The highest BCUT2D eigenvalue weighted by molar-refractivity contribution is 5.55. The highest BCUT2D eigenvalue weighted by atomic mass is 15.2. The van der Waals surface area contributed by atoms with Crippen LogP contribution in [0.1, 0.15) is 19.4 Å². The first-order valence-electron chi connectivity index (χ1n) is 6.64. The monoisotopic (exact) mass is 256 g/mol. The van der Waals surface area contributed by atoms with Gasteiger partial charge in [0, 0.05) is 25.0 Å². The molecular weight excluding hydrogens is 236 g/mol. The standard InChI is InChI=1S/C15H20N4/c1-4-19(5-2)14-9-10-16-15(18-14)17-13-8-6-7-12(3)11-13/h6-11H,4-5H2,1-3H3,(H,16,17,18). The minimum Gasteiger partial charge on any atom is -0.357 e. The Balaban J connectivity index is 2.19. The average Bonchev–Trinajstić information content (AvgIpc) is 2.41. The van der Waals surface area contributed by atoms with Gasteiger partial charge in [-0.25, -0.2) is 4.98 Å². The Hall–Kier alpha value is -2.10. The summed E-state index contributed by atoms with van der Waals surface area (Å²) in [6, 6.07) is 10.1. The first-order chi connectivity index (χ1) is 9.22. The Morgan fingerprint density at radius 1 is 1.16 bits per heavy atom. The molecule has 0 saturated heterocycles. The Morgan fingerprint density at radius 2 is 1.95 bits per heavy atom. The Morgan fingerprint density at radius 3 is 2.63 bits per heavy atom. The van der Waals surface area contributed by atoms with Crippen LogP contribution in [0.25, 0.3) is 0 Å². The van der Waals surface area contributed by atoms with Crippen molar-refractivity contribution in [1.29, 1.82) is 0 Å². The normalized spacial score (nSPS) is 10.3. The molecule has 2 aromatic rings. The van der Waals surface area contributed by atoms with Crippen molar-refractivity contribution in [2.45, 2.75) is 20.8 Å². The van der Waals surface area contributed by atoms with E-state index in [2.05, 4.69) is 53.1 Å². The molecule has 1 heterocycles. The molecule has 2 rings (SSSR count). The molecule has 0 aliphatic heterocycles. The van der Waals surface area contributed by atoms with Gasteiger partial charge in [-0.1, -0.05) is 12.1 Å². The number of hydrogen-bond acceptors (Lipinski definition) is 4. The van der Waals surface area contributed by atoms with E-state index in [1.54, 1.807) is 6.20 Å². The minimum absolute atomic E-state index is 0.634.